The van der Waals surface area contributed by atoms with E-state index in [1.165, 1.54) is 4.90 Å². The van der Waals surface area contributed by atoms with Gasteiger partial charge < -0.3 is 9.84 Å². The number of nitrogens with zero attached hydrogens (tertiary/aromatic N) is 1. The number of ether oxygens (including phenoxy) is 1. The van der Waals surface area contributed by atoms with Crippen LogP contribution in [-0.2, 0) is 4.74 Å². The van der Waals surface area contributed by atoms with Crippen molar-refractivity contribution < 1.29 is 14.6 Å². The summed E-state index contributed by atoms with van der Waals surface area (Å²) in [6.07, 6.45) is 1.85. The zero-order valence-corrected chi connectivity index (χ0v) is 14.9. The minimum atomic E-state index is -0.500. The fourth-order valence-electron chi connectivity index (χ4n) is 2.73. The van der Waals surface area contributed by atoms with Gasteiger partial charge in [-0.3, -0.25) is 9.69 Å². The van der Waals surface area contributed by atoms with Gasteiger partial charge in [0.1, 0.15) is 0 Å². The van der Waals surface area contributed by atoms with Crippen molar-refractivity contribution in [3.8, 4) is 0 Å². The summed E-state index contributed by atoms with van der Waals surface area (Å²) in [5, 5.41) is 8.79. The second-order valence-electron chi connectivity index (χ2n) is 6.29. The van der Waals surface area contributed by atoms with E-state index in [-0.39, 0.29) is 12.4 Å². The highest BCUT2D eigenvalue weighted by Crippen LogP contribution is 2.24. The van der Waals surface area contributed by atoms with Crippen molar-refractivity contribution in [3.63, 3.8) is 0 Å². The lowest BCUT2D eigenvalue weighted by molar-refractivity contribution is -0.00430. The molecular formula is C18H27NO3S. The Kier molecular flexibility index (Phi) is 7.09. The summed E-state index contributed by atoms with van der Waals surface area (Å²) in [6.45, 7) is 7.25. The van der Waals surface area contributed by atoms with E-state index >= 15 is 0 Å². The summed E-state index contributed by atoms with van der Waals surface area (Å²) < 4.78 is 5.38. The molecule has 0 amide bonds. The molecule has 23 heavy (non-hydrogen) atoms. The third-order valence-corrected chi connectivity index (χ3v) is 5.39. The van der Waals surface area contributed by atoms with E-state index in [0.717, 1.165) is 37.2 Å². The number of ketones is 1. The zero-order valence-electron chi connectivity index (χ0n) is 14.1. The number of hydrogen-bond acceptors (Lipinski definition) is 5. The highest BCUT2D eigenvalue weighted by atomic mass is 32.2. The smallest absolute Gasteiger partial charge is 0.182 e. The summed E-state index contributed by atoms with van der Waals surface area (Å²) in [7, 11) is 0. The molecule has 128 valence electrons. The number of carbonyl (C=O) groups excluding carboxylic acids is 1. The molecule has 0 spiro atoms. The van der Waals surface area contributed by atoms with Gasteiger partial charge in [-0.05, 0) is 44.6 Å². The van der Waals surface area contributed by atoms with Crippen molar-refractivity contribution in [3.05, 3.63) is 29.8 Å². The molecule has 1 fully saturated rings. The van der Waals surface area contributed by atoms with Crippen molar-refractivity contribution in [2.24, 2.45) is 0 Å². The number of hydrogen-bond donors (Lipinski definition) is 1. The van der Waals surface area contributed by atoms with Gasteiger partial charge in [0.25, 0.3) is 0 Å². The number of thioether (sulfide) groups is 1. The molecular weight excluding hydrogens is 310 g/mol. The summed E-state index contributed by atoms with van der Waals surface area (Å²) in [5.41, 5.74) is 0.265. The molecule has 1 aromatic rings. The molecule has 0 saturated carbocycles. The first kappa shape index (κ1) is 18.5. The zero-order chi connectivity index (χ0) is 16.7. The van der Waals surface area contributed by atoms with Gasteiger partial charge in [0, 0.05) is 30.2 Å². The predicted molar refractivity (Wildman–Crippen MR) is 94.3 cm³/mol. The maximum Gasteiger partial charge on any atom is 0.182 e. The largest absolute Gasteiger partial charge is 0.396 e. The topological polar surface area (TPSA) is 49.8 Å². The second kappa shape index (κ2) is 8.83. The van der Waals surface area contributed by atoms with Crippen LogP contribution in [0.25, 0.3) is 0 Å². The number of Topliss-reactive ketones (excluding diaryl/α,β-unsaturated/α-hetero) is 1. The quantitative estimate of drug-likeness (QED) is 0.449. The Morgan fingerprint density at radius 3 is 2.48 bits per heavy atom. The van der Waals surface area contributed by atoms with E-state index in [1.807, 2.05) is 38.1 Å². The van der Waals surface area contributed by atoms with Gasteiger partial charge in [-0.15, -0.1) is 11.8 Å². The Bertz CT molecular complexity index is 495. The minimum Gasteiger partial charge on any atom is -0.396 e. The molecule has 0 aliphatic carbocycles. The molecule has 0 bridgehead atoms. The van der Waals surface area contributed by atoms with Crippen LogP contribution < -0.4 is 0 Å². The molecule has 4 nitrogen and oxygen atoms in total. The molecule has 1 N–H and O–H groups in total. The first-order valence-corrected chi connectivity index (χ1v) is 9.25. The van der Waals surface area contributed by atoms with Crippen LogP contribution in [-0.4, -0.2) is 60.0 Å². The fourth-order valence-corrected chi connectivity index (χ4v) is 3.64. The summed E-state index contributed by atoms with van der Waals surface area (Å²) >= 11 is 1.77. The van der Waals surface area contributed by atoms with Crippen LogP contribution in [0, 0.1) is 0 Å². The number of aliphatic hydroxyl groups excluding tert-OH is 1. The third-order valence-electron chi connectivity index (χ3n) is 4.30. The highest BCUT2D eigenvalue weighted by molar-refractivity contribution is 7.99. The van der Waals surface area contributed by atoms with E-state index in [0.29, 0.717) is 13.2 Å². The number of aliphatic hydroxyl groups is 1. The average Bonchev–Trinajstić information content (AvgIpc) is 2.59. The Morgan fingerprint density at radius 2 is 1.87 bits per heavy atom. The Labute approximate surface area is 143 Å². The first-order valence-electron chi connectivity index (χ1n) is 8.27. The molecule has 1 aliphatic rings. The van der Waals surface area contributed by atoms with Crippen molar-refractivity contribution in [2.45, 2.75) is 37.1 Å². The number of carbonyl (C=O) groups is 1. The normalized spacial score (nSPS) is 16.5. The van der Waals surface area contributed by atoms with E-state index in [1.54, 1.807) is 11.8 Å². The van der Waals surface area contributed by atoms with Crippen LogP contribution in [0.2, 0.25) is 0 Å². The van der Waals surface area contributed by atoms with Crippen molar-refractivity contribution in [1.82, 2.24) is 4.90 Å². The third kappa shape index (κ3) is 5.05. The molecule has 1 saturated heterocycles. The highest BCUT2D eigenvalue weighted by Gasteiger charge is 2.35. The maximum atomic E-state index is 12.9. The summed E-state index contributed by atoms with van der Waals surface area (Å²) in [4.78, 5) is 16.2. The molecule has 1 heterocycles. The lowest BCUT2D eigenvalue weighted by Gasteiger charge is -2.39. The van der Waals surface area contributed by atoms with E-state index in [9.17, 15) is 4.79 Å². The van der Waals surface area contributed by atoms with Crippen molar-refractivity contribution >= 4 is 17.5 Å². The van der Waals surface area contributed by atoms with Crippen LogP contribution in [0.1, 0.15) is 37.0 Å². The maximum absolute atomic E-state index is 12.9. The van der Waals surface area contributed by atoms with E-state index < -0.39 is 5.54 Å². The van der Waals surface area contributed by atoms with E-state index in [2.05, 4.69) is 4.90 Å². The Balaban J connectivity index is 1.96. The van der Waals surface area contributed by atoms with Crippen LogP contribution in [0.4, 0.5) is 0 Å². The molecule has 1 aromatic carbocycles. The second-order valence-corrected chi connectivity index (χ2v) is 7.46. The van der Waals surface area contributed by atoms with E-state index in [4.69, 9.17) is 9.84 Å². The molecule has 1 aliphatic heterocycles. The summed E-state index contributed by atoms with van der Waals surface area (Å²) in [6, 6.07) is 7.90. The van der Waals surface area contributed by atoms with Crippen LogP contribution >= 0.6 is 11.8 Å². The molecule has 0 atom stereocenters. The van der Waals surface area contributed by atoms with Gasteiger partial charge in [-0.25, -0.2) is 0 Å². The van der Waals surface area contributed by atoms with Crippen LogP contribution in [0.5, 0.6) is 0 Å². The van der Waals surface area contributed by atoms with Gasteiger partial charge in [0.2, 0.25) is 0 Å². The number of morpholine rings is 1. The predicted octanol–water partition coefficient (Wildman–Crippen LogP) is 2.84. The number of rotatable bonds is 8. The monoisotopic (exact) mass is 337 g/mol. The van der Waals surface area contributed by atoms with Crippen LogP contribution in [0.15, 0.2) is 29.2 Å². The van der Waals surface area contributed by atoms with Crippen LogP contribution in [0.3, 0.4) is 0 Å². The van der Waals surface area contributed by atoms with Gasteiger partial charge in [0.15, 0.2) is 5.78 Å². The standard InChI is InChI=1S/C18H27NO3S/c1-18(2,19-9-12-22-13-10-19)17(21)15-5-7-16(8-6-15)23-14-4-3-11-20/h5-8,20H,3-4,9-14H2,1-2H3. The summed E-state index contributed by atoms with van der Waals surface area (Å²) in [5.74, 6) is 1.16. The number of unbranched alkanes of at least 4 members (excludes halogenated alkanes) is 1. The molecule has 5 heteroatoms. The minimum absolute atomic E-state index is 0.163. The Hall–Kier alpha value is -0.880. The molecule has 2 rings (SSSR count). The molecule has 0 radical (unpaired) electrons. The van der Waals surface area contributed by atoms with Gasteiger partial charge in [-0.1, -0.05) is 12.1 Å². The molecule has 0 aromatic heterocycles. The van der Waals surface area contributed by atoms with Gasteiger partial charge >= 0.3 is 0 Å². The SMILES string of the molecule is CC(C)(C(=O)c1ccc(SCCCCO)cc1)N1CCOCC1. The fraction of sp³-hybridized carbons (Fsp3) is 0.611. The van der Waals surface area contributed by atoms with Gasteiger partial charge in [-0.2, -0.15) is 0 Å². The lowest BCUT2D eigenvalue weighted by atomic mass is 9.91. The average molecular weight is 337 g/mol. The number of benzene rings is 1. The van der Waals surface area contributed by atoms with Crippen molar-refractivity contribution in [2.75, 3.05) is 38.7 Å². The first-order chi connectivity index (χ1) is 11.1. The Morgan fingerprint density at radius 1 is 1.22 bits per heavy atom. The lowest BCUT2D eigenvalue weighted by Crippen LogP contribution is -2.54. The molecule has 0 unspecified atom stereocenters. The van der Waals surface area contributed by atoms with Gasteiger partial charge in [0.05, 0.1) is 18.8 Å². The van der Waals surface area contributed by atoms with Crippen molar-refractivity contribution in [1.29, 1.82) is 0 Å².